The van der Waals surface area contributed by atoms with Crippen LogP contribution in [0.15, 0.2) is 24.3 Å². The van der Waals surface area contributed by atoms with Crippen molar-refractivity contribution in [2.75, 3.05) is 54.5 Å². The minimum absolute atomic E-state index is 0.502. The van der Waals surface area contributed by atoms with Crippen LogP contribution in [0.4, 0.5) is 17.6 Å². The van der Waals surface area contributed by atoms with Gasteiger partial charge in [0.1, 0.15) is 24.8 Å². The molecule has 3 aliphatic heterocycles. The fourth-order valence-corrected chi connectivity index (χ4v) is 5.29. The third-order valence-electron chi connectivity index (χ3n) is 6.95. The monoisotopic (exact) mass is 496 g/mol. The van der Waals surface area contributed by atoms with Gasteiger partial charge in [-0.3, -0.25) is 0 Å². The molecule has 2 atom stereocenters. The maximum atomic E-state index is 5.69. The second kappa shape index (κ2) is 10.8. The fraction of sp³-hybridized carbons (Fsp3) is 0.577. The summed E-state index contributed by atoms with van der Waals surface area (Å²) in [6.07, 6.45) is 4.94. The van der Waals surface area contributed by atoms with Crippen LogP contribution in [0, 0.1) is 11.8 Å². The van der Waals surface area contributed by atoms with Crippen molar-refractivity contribution in [3.8, 4) is 11.5 Å². The van der Waals surface area contributed by atoms with Crippen LogP contribution in [0.1, 0.15) is 45.1 Å². The second-order valence-corrected chi connectivity index (χ2v) is 10.5. The van der Waals surface area contributed by atoms with Gasteiger partial charge < -0.3 is 29.9 Å². The van der Waals surface area contributed by atoms with Gasteiger partial charge in [-0.25, -0.2) is 0 Å². The zero-order chi connectivity index (χ0) is 24.2. The molecule has 0 bridgehead atoms. The smallest absolute Gasteiger partial charge is 0.232 e. The molecule has 188 valence electrons. The average molecular weight is 497 g/mol. The Labute approximate surface area is 213 Å². The molecule has 35 heavy (non-hydrogen) atoms. The summed E-state index contributed by atoms with van der Waals surface area (Å²) in [6, 6.07) is 8.12. The average Bonchev–Trinajstić information content (AvgIpc) is 2.87. The predicted octanol–water partition coefficient (Wildman–Crippen LogP) is 4.21. The SMILES string of the molecule is C[C@H]1CCCN(c2cc(N3CCC[C@H](C)C3)nc(NC(=S)NCc3ccc4c(c3)OCCO4)n2)C1. The second-order valence-electron chi connectivity index (χ2n) is 10.1. The van der Waals surface area contributed by atoms with E-state index in [4.69, 9.17) is 31.7 Å². The maximum Gasteiger partial charge on any atom is 0.232 e. The standard InChI is InChI=1S/C26H36N6O2S/c1-18-5-3-9-31(16-18)23-14-24(32-10-4-6-19(2)17-32)29-25(28-23)30-26(35)27-15-20-7-8-21-22(13-20)34-12-11-33-21/h7-8,13-14,18-19H,3-6,9-12,15-17H2,1-2H3,(H2,27,28,29,30,35)/t18-,19-/m0/s1. The lowest BCUT2D eigenvalue weighted by molar-refractivity contribution is 0.171. The number of benzene rings is 1. The largest absolute Gasteiger partial charge is 0.486 e. The molecular formula is C26H36N6O2S. The lowest BCUT2D eigenvalue weighted by Gasteiger charge is -2.35. The summed E-state index contributed by atoms with van der Waals surface area (Å²) in [5.74, 6) is 5.42. The van der Waals surface area contributed by atoms with Crippen molar-refractivity contribution in [3.05, 3.63) is 29.8 Å². The van der Waals surface area contributed by atoms with E-state index < -0.39 is 0 Å². The van der Waals surface area contributed by atoms with Crippen molar-refractivity contribution >= 4 is 34.9 Å². The minimum Gasteiger partial charge on any atom is -0.486 e. The van der Waals surface area contributed by atoms with Crippen LogP contribution in [-0.4, -0.2) is 54.5 Å². The van der Waals surface area contributed by atoms with E-state index in [0.717, 1.165) is 54.9 Å². The molecule has 1 aromatic heterocycles. The first-order valence-electron chi connectivity index (χ1n) is 12.9. The summed E-state index contributed by atoms with van der Waals surface area (Å²) < 4.78 is 11.3. The predicted molar refractivity (Wildman–Crippen MR) is 144 cm³/mol. The van der Waals surface area contributed by atoms with Gasteiger partial charge in [-0.15, -0.1) is 0 Å². The van der Waals surface area contributed by atoms with Crippen LogP contribution in [0.3, 0.4) is 0 Å². The van der Waals surface area contributed by atoms with Gasteiger partial charge in [0.2, 0.25) is 5.95 Å². The summed E-state index contributed by atoms with van der Waals surface area (Å²) in [5, 5.41) is 7.03. The third kappa shape index (κ3) is 6.07. The zero-order valence-electron chi connectivity index (χ0n) is 20.8. The van der Waals surface area contributed by atoms with Crippen LogP contribution >= 0.6 is 12.2 Å². The molecule has 2 saturated heterocycles. The first kappa shape index (κ1) is 23.9. The van der Waals surface area contributed by atoms with E-state index in [1.807, 2.05) is 18.2 Å². The number of anilines is 3. The Balaban J connectivity index is 1.29. The number of hydrogen-bond acceptors (Lipinski definition) is 7. The highest BCUT2D eigenvalue weighted by Gasteiger charge is 2.23. The van der Waals surface area contributed by atoms with E-state index in [0.29, 0.717) is 42.7 Å². The van der Waals surface area contributed by atoms with Gasteiger partial charge in [0.05, 0.1) is 0 Å². The molecule has 0 amide bonds. The molecule has 2 fully saturated rings. The Morgan fingerprint density at radius 3 is 2.20 bits per heavy atom. The Bertz CT molecular complexity index is 1010. The Kier molecular flexibility index (Phi) is 7.41. The summed E-state index contributed by atoms with van der Waals surface area (Å²) in [6.45, 7) is 10.5. The van der Waals surface area contributed by atoms with Gasteiger partial charge in [-0.1, -0.05) is 19.9 Å². The quantitative estimate of drug-likeness (QED) is 0.592. The number of fused-ring (bicyclic) bond motifs is 1. The van der Waals surface area contributed by atoms with Crippen LogP contribution in [0.5, 0.6) is 11.5 Å². The lowest BCUT2D eigenvalue weighted by atomic mass is 10.00. The Morgan fingerprint density at radius 2 is 1.57 bits per heavy atom. The first-order valence-corrected chi connectivity index (χ1v) is 13.3. The van der Waals surface area contributed by atoms with Crippen LogP contribution in [-0.2, 0) is 6.54 Å². The number of aromatic nitrogens is 2. The van der Waals surface area contributed by atoms with Gasteiger partial charge in [0.15, 0.2) is 16.6 Å². The maximum absolute atomic E-state index is 5.69. The molecule has 0 aliphatic carbocycles. The van der Waals surface area contributed by atoms with Crippen LogP contribution in [0.2, 0.25) is 0 Å². The van der Waals surface area contributed by atoms with Crippen molar-refractivity contribution in [1.29, 1.82) is 0 Å². The number of nitrogens with zero attached hydrogens (tertiary/aromatic N) is 4. The van der Waals surface area contributed by atoms with E-state index in [-0.39, 0.29) is 0 Å². The van der Waals surface area contributed by atoms with Gasteiger partial charge in [-0.2, -0.15) is 9.97 Å². The molecule has 8 nitrogen and oxygen atoms in total. The number of hydrogen-bond donors (Lipinski definition) is 2. The Morgan fingerprint density at radius 1 is 0.943 bits per heavy atom. The molecular weight excluding hydrogens is 460 g/mol. The van der Waals surface area contributed by atoms with Crippen molar-refractivity contribution in [3.63, 3.8) is 0 Å². The molecule has 5 rings (SSSR count). The van der Waals surface area contributed by atoms with E-state index in [9.17, 15) is 0 Å². The molecule has 0 radical (unpaired) electrons. The summed E-state index contributed by atoms with van der Waals surface area (Å²) >= 11 is 5.61. The van der Waals surface area contributed by atoms with Gasteiger partial charge in [0, 0.05) is 38.8 Å². The number of nitrogens with one attached hydrogen (secondary N) is 2. The number of piperidine rings is 2. The van der Waals surface area contributed by atoms with Gasteiger partial charge >= 0.3 is 0 Å². The van der Waals surface area contributed by atoms with Crippen molar-refractivity contribution in [2.24, 2.45) is 11.8 Å². The van der Waals surface area contributed by atoms with Crippen molar-refractivity contribution < 1.29 is 9.47 Å². The molecule has 1 aromatic carbocycles. The molecule has 3 aliphatic rings. The molecule has 0 saturated carbocycles. The summed E-state index contributed by atoms with van der Waals surface area (Å²) in [5.41, 5.74) is 1.07. The molecule has 0 unspecified atom stereocenters. The summed E-state index contributed by atoms with van der Waals surface area (Å²) in [4.78, 5) is 14.5. The number of rotatable bonds is 5. The minimum atomic E-state index is 0.502. The van der Waals surface area contributed by atoms with E-state index in [2.05, 4.69) is 40.3 Å². The highest BCUT2D eigenvalue weighted by atomic mass is 32.1. The topological polar surface area (TPSA) is 74.8 Å². The van der Waals surface area contributed by atoms with Crippen LogP contribution in [0.25, 0.3) is 0 Å². The first-order chi connectivity index (χ1) is 17.0. The summed E-state index contributed by atoms with van der Waals surface area (Å²) in [7, 11) is 0. The van der Waals surface area contributed by atoms with Gasteiger partial charge in [0.25, 0.3) is 0 Å². The fourth-order valence-electron chi connectivity index (χ4n) is 5.12. The van der Waals surface area contributed by atoms with E-state index >= 15 is 0 Å². The van der Waals surface area contributed by atoms with Crippen molar-refractivity contribution in [2.45, 2.75) is 46.1 Å². The van der Waals surface area contributed by atoms with Crippen molar-refractivity contribution in [1.82, 2.24) is 15.3 Å². The third-order valence-corrected chi connectivity index (χ3v) is 7.19. The van der Waals surface area contributed by atoms with Crippen LogP contribution < -0.4 is 29.9 Å². The molecule has 2 N–H and O–H groups in total. The highest BCUT2D eigenvalue weighted by molar-refractivity contribution is 7.80. The zero-order valence-corrected chi connectivity index (χ0v) is 21.6. The molecule has 4 heterocycles. The molecule has 9 heteroatoms. The van der Waals surface area contributed by atoms with E-state index in [1.54, 1.807) is 0 Å². The Hall–Kier alpha value is -2.81. The normalized spacial score (nSPS) is 22.0. The van der Waals surface area contributed by atoms with Gasteiger partial charge in [-0.05, 0) is 67.4 Å². The van der Waals surface area contributed by atoms with E-state index in [1.165, 1.54) is 25.7 Å². The molecule has 2 aromatic rings. The highest BCUT2D eigenvalue weighted by Crippen LogP contribution is 2.31. The lowest BCUT2D eigenvalue weighted by Crippen LogP contribution is -2.37. The number of thiocarbonyl (C=S) groups is 1. The molecule has 0 spiro atoms. The number of ether oxygens (including phenoxy) is 2.